The number of ketones is 1. The quantitative estimate of drug-likeness (QED) is 0.657. The largest absolute Gasteiger partial charge is 0.299 e. The molecule has 1 unspecified atom stereocenters. The summed E-state index contributed by atoms with van der Waals surface area (Å²) in [5, 5.41) is 0. The fraction of sp³-hybridized carbons (Fsp3) is 0.667. The molecule has 1 saturated carbocycles. The summed E-state index contributed by atoms with van der Waals surface area (Å²) in [4.78, 5) is 12.5. The van der Waals surface area contributed by atoms with E-state index in [2.05, 4.69) is 33.9 Å². The van der Waals surface area contributed by atoms with Crippen molar-refractivity contribution < 1.29 is 4.79 Å². The summed E-state index contributed by atoms with van der Waals surface area (Å²) in [6.45, 7) is 16.3. The SMILES string of the molecule is C=C[C@]1(C)CCC(C(C)C)C(=O)[C@H]1C(=C)C. The predicted molar refractivity (Wildman–Crippen MR) is 69.2 cm³/mol. The van der Waals surface area contributed by atoms with Crippen molar-refractivity contribution in [2.45, 2.75) is 40.5 Å². The highest BCUT2D eigenvalue weighted by Gasteiger charge is 2.45. The lowest BCUT2D eigenvalue weighted by Crippen LogP contribution is -2.43. The van der Waals surface area contributed by atoms with Crippen molar-refractivity contribution in [1.29, 1.82) is 0 Å². The Kier molecular flexibility index (Phi) is 3.77. The Morgan fingerprint density at radius 2 is 2.12 bits per heavy atom. The van der Waals surface area contributed by atoms with Crippen LogP contribution in [-0.2, 0) is 4.79 Å². The lowest BCUT2D eigenvalue weighted by molar-refractivity contribution is -0.133. The zero-order valence-electron chi connectivity index (χ0n) is 11.0. The second-order valence-corrected chi connectivity index (χ2v) is 5.78. The van der Waals surface area contributed by atoms with Crippen LogP contribution in [-0.4, -0.2) is 5.78 Å². The average molecular weight is 220 g/mol. The van der Waals surface area contributed by atoms with Crippen LogP contribution in [0.1, 0.15) is 40.5 Å². The molecule has 1 heteroatoms. The van der Waals surface area contributed by atoms with Crippen molar-refractivity contribution in [2.24, 2.45) is 23.2 Å². The number of hydrogen-bond acceptors (Lipinski definition) is 1. The van der Waals surface area contributed by atoms with Crippen LogP contribution in [0.2, 0.25) is 0 Å². The van der Waals surface area contributed by atoms with Crippen LogP contribution in [0.3, 0.4) is 0 Å². The third-order valence-electron chi connectivity index (χ3n) is 4.07. The van der Waals surface area contributed by atoms with Gasteiger partial charge in [-0.05, 0) is 31.1 Å². The first-order chi connectivity index (χ1) is 7.33. The Balaban J connectivity index is 3.06. The molecule has 3 atom stereocenters. The number of Topliss-reactive ketones (excluding diaryl/α,β-unsaturated/α-hetero) is 1. The van der Waals surface area contributed by atoms with Gasteiger partial charge < -0.3 is 0 Å². The highest BCUT2D eigenvalue weighted by Crippen LogP contribution is 2.46. The third-order valence-corrected chi connectivity index (χ3v) is 4.07. The third kappa shape index (κ3) is 2.14. The van der Waals surface area contributed by atoms with E-state index in [-0.39, 0.29) is 17.3 Å². The van der Waals surface area contributed by atoms with Gasteiger partial charge in [0.05, 0.1) is 0 Å². The Morgan fingerprint density at radius 1 is 1.56 bits per heavy atom. The van der Waals surface area contributed by atoms with Crippen molar-refractivity contribution in [3.8, 4) is 0 Å². The first-order valence-corrected chi connectivity index (χ1v) is 6.16. The van der Waals surface area contributed by atoms with Gasteiger partial charge in [0, 0.05) is 11.8 Å². The molecular formula is C15H24O. The molecule has 0 saturated heterocycles. The van der Waals surface area contributed by atoms with Crippen LogP contribution in [0.5, 0.6) is 0 Å². The fourth-order valence-corrected chi connectivity index (χ4v) is 2.98. The lowest BCUT2D eigenvalue weighted by Gasteiger charge is -2.43. The lowest BCUT2D eigenvalue weighted by atomic mass is 9.60. The van der Waals surface area contributed by atoms with E-state index in [1.807, 2.05) is 13.0 Å². The van der Waals surface area contributed by atoms with Crippen LogP contribution in [0.15, 0.2) is 24.8 Å². The maximum absolute atomic E-state index is 12.5. The molecule has 0 heterocycles. The highest BCUT2D eigenvalue weighted by molar-refractivity contribution is 5.88. The molecule has 1 aliphatic carbocycles. The molecule has 0 aromatic carbocycles. The zero-order chi connectivity index (χ0) is 12.5. The first-order valence-electron chi connectivity index (χ1n) is 6.16. The summed E-state index contributed by atoms with van der Waals surface area (Å²) < 4.78 is 0. The van der Waals surface area contributed by atoms with E-state index in [0.29, 0.717) is 11.7 Å². The van der Waals surface area contributed by atoms with Gasteiger partial charge in [0.1, 0.15) is 5.78 Å². The van der Waals surface area contributed by atoms with E-state index >= 15 is 0 Å². The van der Waals surface area contributed by atoms with Crippen molar-refractivity contribution in [2.75, 3.05) is 0 Å². The van der Waals surface area contributed by atoms with Crippen molar-refractivity contribution in [3.05, 3.63) is 24.8 Å². The average Bonchev–Trinajstić information content (AvgIpc) is 2.16. The van der Waals surface area contributed by atoms with Crippen LogP contribution in [0.25, 0.3) is 0 Å². The fourth-order valence-electron chi connectivity index (χ4n) is 2.98. The standard InChI is InChI=1S/C15H24O/c1-7-15(6)9-8-12(10(2)3)14(16)13(15)11(4)5/h7,10,12-13H,1,4,8-9H2,2-3,5-6H3/t12?,13-,15-/m1/s1. The first kappa shape index (κ1) is 13.2. The maximum atomic E-state index is 12.5. The summed E-state index contributed by atoms with van der Waals surface area (Å²) in [6, 6.07) is 0. The molecule has 1 fully saturated rings. The van der Waals surface area contributed by atoms with Crippen LogP contribution in [0.4, 0.5) is 0 Å². The molecule has 0 aromatic rings. The van der Waals surface area contributed by atoms with Gasteiger partial charge in [0.2, 0.25) is 0 Å². The van der Waals surface area contributed by atoms with Crippen LogP contribution in [0, 0.1) is 23.2 Å². The minimum atomic E-state index is -0.0890. The van der Waals surface area contributed by atoms with Crippen molar-refractivity contribution >= 4 is 5.78 Å². The summed E-state index contributed by atoms with van der Waals surface area (Å²) in [6.07, 6.45) is 3.98. The highest BCUT2D eigenvalue weighted by atomic mass is 16.1. The number of carbonyl (C=O) groups is 1. The molecule has 1 nitrogen and oxygen atoms in total. The number of rotatable bonds is 3. The molecule has 1 rings (SSSR count). The summed E-state index contributed by atoms with van der Waals surface area (Å²) in [5.74, 6) is 0.973. The van der Waals surface area contributed by atoms with E-state index in [0.717, 1.165) is 18.4 Å². The van der Waals surface area contributed by atoms with E-state index in [1.54, 1.807) is 0 Å². The van der Waals surface area contributed by atoms with Gasteiger partial charge in [-0.2, -0.15) is 0 Å². The Morgan fingerprint density at radius 3 is 2.50 bits per heavy atom. The molecule has 1 aliphatic rings. The predicted octanol–water partition coefficient (Wildman–Crippen LogP) is 4.01. The van der Waals surface area contributed by atoms with Crippen molar-refractivity contribution in [1.82, 2.24) is 0 Å². The molecule has 0 aromatic heterocycles. The van der Waals surface area contributed by atoms with E-state index in [1.165, 1.54) is 0 Å². The second kappa shape index (κ2) is 4.57. The molecule has 0 aliphatic heterocycles. The summed E-state index contributed by atoms with van der Waals surface area (Å²) in [5.41, 5.74) is 0.895. The maximum Gasteiger partial charge on any atom is 0.144 e. The molecule has 16 heavy (non-hydrogen) atoms. The summed E-state index contributed by atoms with van der Waals surface area (Å²) >= 11 is 0. The smallest absolute Gasteiger partial charge is 0.144 e. The number of hydrogen-bond donors (Lipinski definition) is 0. The Bertz CT molecular complexity index is 313. The molecule has 0 bridgehead atoms. The Hall–Kier alpha value is -0.850. The monoisotopic (exact) mass is 220 g/mol. The van der Waals surface area contributed by atoms with Gasteiger partial charge in [-0.3, -0.25) is 4.79 Å². The van der Waals surface area contributed by atoms with Gasteiger partial charge in [-0.15, -0.1) is 6.58 Å². The number of allylic oxidation sites excluding steroid dienone is 2. The molecule has 90 valence electrons. The molecule has 0 amide bonds. The number of carbonyl (C=O) groups excluding carboxylic acids is 1. The van der Waals surface area contributed by atoms with E-state index in [9.17, 15) is 4.79 Å². The summed E-state index contributed by atoms with van der Waals surface area (Å²) in [7, 11) is 0. The zero-order valence-corrected chi connectivity index (χ0v) is 11.0. The van der Waals surface area contributed by atoms with E-state index < -0.39 is 0 Å². The molecule has 0 N–H and O–H groups in total. The normalized spacial score (nSPS) is 35.2. The molecule has 0 radical (unpaired) electrons. The van der Waals surface area contributed by atoms with Crippen LogP contribution < -0.4 is 0 Å². The van der Waals surface area contributed by atoms with Gasteiger partial charge in [-0.25, -0.2) is 0 Å². The minimum absolute atomic E-state index is 0.0360. The van der Waals surface area contributed by atoms with Gasteiger partial charge in [-0.1, -0.05) is 39.0 Å². The molecule has 0 spiro atoms. The molecular weight excluding hydrogens is 196 g/mol. The van der Waals surface area contributed by atoms with Gasteiger partial charge >= 0.3 is 0 Å². The van der Waals surface area contributed by atoms with Gasteiger partial charge in [0.25, 0.3) is 0 Å². The van der Waals surface area contributed by atoms with Crippen molar-refractivity contribution in [3.63, 3.8) is 0 Å². The van der Waals surface area contributed by atoms with Gasteiger partial charge in [0.15, 0.2) is 0 Å². The second-order valence-electron chi connectivity index (χ2n) is 5.78. The van der Waals surface area contributed by atoms with Crippen LogP contribution >= 0.6 is 0 Å². The topological polar surface area (TPSA) is 17.1 Å². The Labute approximate surface area is 99.6 Å². The minimum Gasteiger partial charge on any atom is -0.299 e. The van der Waals surface area contributed by atoms with E-state index in [4.69, 9.17) is 0 Å².